The van der Waals surface area contributed by atoms with Gasteiger partial charge in [-0.05, 0) is 30.3 Å². The number of hydrogen-bond donors (Lipinski definition) is 2. The van der Waals surface area contributed by atoms with E-state index >= 15 is 0 Å². The molecule has 2 aromatic carbocycles. The van der Waals surface area contributed by atoms with Crippen molar-refractivity contribution in [1.29, 1.82) is 0 Å². The Morgan fingerprint density at radius 1 is 1.19 bits per heavy atom. The fourth-order valence-corrected chi connectivity index (χ4v) is 3.41. The van der Waals surface area contributed by atoms with Gasteiger partial charge < -0.3 is 15.6 Å². The maximum absolute atomic E-state index is 12.8. The van der Waals surface area contributed by atoms with Crippen molar-refractivity contribution in [2.75, 3.05) is 24.7 Å². The molecule has 0 bridgehead atoms. The predicted octanol–water partition coefficient (Wildman–Crippen LogP) is 2.38. The Morgan fingerprint density at radius 2 is 1.95 bits per heavy atom. The van der Waals surface area contributed by atoms with Gasteiger partial charge in [0, 0.05) is 19.8 Å². The van der Waals surface area contributed by atoms with E-state index in [0.717, 1.165) is 21.6 Å². The summed E-state index contributed by atoms with van der Waals surface area (Å²) in [6.07, 6.45) is 0. The molecule has 0 aliphatic rings. The van der Waals surface area contributed by atoms with Crippen LogP contribution in [0.15, 0.2) is 52.5 Å². The zero-order valence-corrected chi connectivity index (χ0v) is 12.6. The molecule has 0 aliphatic heterocycles. The lowest BCUT2D eigenvalue weighted by atomic mass is 10.3. The number of nitrogens with two attached hydrogens (primary N) is 1. The van der Waals surface area contributed by atoms with Gasteiger partial charge >= 0.3 is 0 Å². The van der Waals surface area contributed by atoms with E-state index < -0.39 is 10.8 Å². The van der Waals surface area contributed by atoms with E-state index in [0.29, 0.717) is 10.8 Å². The first kappa shape index (κ1) is 13.6. The molecule has 5 nitrogen and oxygen atoms in total. The molecule has 21 heavy (non-hydrogen) atoms. The highest BCUT2D eigenvalue weighted by atomic mass is 32.2. The fourth-order valence-electron chi connectivity index (χ4n) is 2.18. The molecule has 0 amide bonds. The fraction of sp³-hybridized carbons (Fsp3) is 0.133. The van der Waals surface area contributed by atoms with E-state index in [4.69, 9.17) is 5.73 Å². The number of hydrogen-bond acceptors (Lipinski definition) is 4. The van der Waals surface area contributed by atoms with Crippen molar-refractivity contribution in [1.82, 2.24) is 9.97 Å². The number of nitrogens with one attached hydrogen (secondary N) is 1. The van der Waals surface area contributed by atoms with Gasteiger partial charge in [-0.15, -0.1) is 0 Å². The third-order valence-electron chi connectivity index (χ3n) is 3.21. The van der Waals surface area contributed by atoms with Crippen molar-refractivity contribution in [2.45, 2.75) is 10.1 Å². The summed E-state index contributed by atoms with van der Waals surface area (Å²) in [7, 11) is 2.48. The number of H-pyrrole nitrogens is 1. The van der Waals surface area contributed by atoms with E-state index in [1.807, 2.05) is 49.3 Å². The van der Waals surface area contributed by atoms with Crippen LogP contribution in [0.5, 0.6) is 0 Å². The van der Waals surface area contributed by atoms with Crippen LogP contribution in [0.4, 0.5) is 11.4 Å². The number of aromatic nitrogens is 2. The lowest BCUT2D eigenvalue weighted by Crippen LogP contribution is -2.12. The number of para-hydroxylation sites is 1. The standard InChI is InChI=1S/C15H16N4OS/c1-19(2)13-5-3-4-6-14(13)21(20)15-17-11-8-7-10(16)9-12(11)18-15/h3-9H,16H2,1-2H3,(H,17,18). The van der Waals surface area contributed by atoms with Crippen molar-refractivity contribution >= 4 is 33.2 Å². The summed E-state index contributed by atoms with van der Waals surface area (Å²) >= 11 is 0. The van der Waals surface area contributed by atoms with Crippen LogP contribution in [-0.2, 0) is 10.8 Å². The smallest absolute Gasteiger partial charge is 0.202 e. The summed E-state index contributed by atoms with van der Waals surface area (Å²) in [6, 6.07) is 13.0. The van der Waals surface area contributed by atoms with E-state index in [1.54, 1.807) is 12.1 Å². The van der Waals surface area contributed by atoms with Gasteiger partial charge in [-0.3, -0.25) is 0 Å². The van der Waals surface area contributed by atoms with Gasteiger partial charge in [0.15, 0.2) is 0 Å². The Labute approximate surface area is 125 Å². The number of rotatable bonds is 3. The van der Waals surface area contributed by atoms with Gasteiger partial charge in [-0.1, -0.05) is 12.1 Å². The molecule has 1 unspecified atom stereocenters. The van der Waals surface area contributed by atoms with Gasteiger partial charge in [0.2, 0.25) is 5.16 Å². The first-order valence-corrected chi connectivity index (χ1v) is 7.64. The molecule has 0 spiro atoms. The van der Waals surface area contributed by atoms with Crippen LogP contribution in [0, 0.1) is 0 Å². The molecular formula is C15H16N4OS. The average Bonchev–Trinajstić information content (AvgIpc) is 2.89. The largest absolute Gasteiger partial charge is 0.399 e. The molecule has 108 valence electrons. The molecule has 0 aliphatic carbocycles. The minimum Gasteiger partial charge on any atom is -0.399 e. The molecular weight excluding hydrogens is 284 g/mol. The van der Waals surface area contributed by atoms with Crippen LogP contribution in [-0.4, -0.2) is 28.3 Å². The van der Waals surface area contributed by atoms with Crippen molar-refractivity contribution in [3.05, 3.63) is 42.5 Å². The minimum absolute atomic E-state index is 0.435. The number of nitrogens with zero attached hydrogens (tertiary/aromatic N) is 2. The summed E-state index contributed by atoms with van der Waals surface area (Å²) in [5.74, 6) is 0. The molecule has 0 saturated carbocycles. The summed E-state index contributed by atoms with van der Waals surface area (Å²) in [5, 5.41) is 0.435. The Bertz CT molecular complexity index is 825. The topological polar surface area (TPSA) is 75.0 Å². The van der Waals surface area contributed by atoms with Crippen molar-refractivity contribution in [3.63, 3.8) is 0 Å². The maximum Gasteiger partial charge on any atom is 0.202 e. The highest BCUT2D eigenvalue weighted by molar-refractivity contribution is 7.85. The summed E-state index contributed by atoms with van der Waals surface area (Å²) in [5.41, 5.74) is 8.87. The van der Waals surface area contributed by atoms with E-state index in [9.17, 15) is 4.21 Å². The zero-order chi connectivity index (χ0) is 15.0. The number of nitrogen functional groups attached to an aromatic ring is 1. The molecule has 3 aromatic rings. The summed E-state index contributed by atoms with van der Waals surface area (Å²) in [6.45, 7) is 0. The molecule has 3 rings (SSSR count). The Balaban J connectivity index is 2.08. The normalized spacial score (nSPS) is 12.5. The number of anilines is 2. The minimum atomic E-state index is -1.37. The molecule has 0 radical (unpaired) electrons. The molecule has 1 aromatic heterocycles. The summed E-state index contributed by atoms with van der Waals surface area (Å²) in [4.78, 5) is 10.2. The van der Waals surface area contributed by atoms with Crippen molar-refractivity contribution < 1.29 is 4.21 Å². The van der Waals surface area contributed by atoms with Crippen molar-refractivity contribution in [2.24, 2.45) is 0 Å². The average molecular weight is 300 g/mol. The second kappa shape index (κ2) is 5.21. The first-order chi connectivity index (χ1) is 10.1. The monoisotopic (exact) mass is 300 g/mol. The Hall–Kier alpha value is -2.34. The second-order valence-electron chi connectivity index (χ2n) is 4.95. The van der Waals surface area contributed by atoms with Crippen molar-refractivity contribution in [3.8, 4) is 0 Å². The number of benzene rings is 2. The van der Waals surface area contributed by atoms with Crippen LogP contribution in [0.1, 0.15) is 0 Å². The third kappa shape index (κ3) is 2.50. The Morgan fingerprint density at radius 3 is 2.71 bits per heavy atom. The van der Waals surface area contributed by atoms with Gasteiger partial charge in [-0.25, -0.2) is 9.19 Å². The van der Waals surface area contributed by atoms with Gasteiger partial charge in [0.25, 0.3) is 0 Å². The van der Waals surface area contributed by atoms with Gasteiger partial charge in [0.05, 0.1) is 21.6 Å². The zero-order valence-electron chi connectivity index (χ0n) is 11.8. The molecule has 3 N–H and O–H groups in total. The van der Waals surface area contributed by atoms with Crippen LogP contribution >= 0.6 is 0 Å². The number of fused-ring (bicyclic) bond motifs is 1. The Kier molecular flexibility index (Phi) is 3.39. The quantitative estimate of drug-likeness (QED) is 0.728. The van der Waals surface area contributed by atoms with E-state index in [2.05, 4.69) is 9.97 Å². The molecule has 0 fully saturated rings. The van der Waals surface area contributed by atoms with Crippen LogP contribution < -0.4 is 10.6 Å². The summed E-state index contributed by atoms with van der Waals surface area (Å²) < 4.78 is 12.8. The third-order valence-corrected chi connectivity index (χ3v) is 4.50. The maximum atomic E-state index is 12.8. The van der Waals surface area contributed by atoms with Crippen LogP contribution in [0.25, 0.3) is 11.0 Å². The first-order valence-electron chi connectivity index (χ1n) is 6.49. The second-order valence-corrected chi connectivity index (χ2v) is 6.31. The number of imidazole rings is 1. The SMILES string of the molecule is CN(C)c1ccccc1S(=O)c1nc2ccc(N)cc2[nH]1. The molecule has 0 saturated heterocycles. The highest BCUT2D eigenvalue weighted by Gasteiger charge is 2.16. The lowest BCUT2D eigenvalue weighted by Gasteiger charge is -2.15. The molecule has 1 heterocycles. The van der Waals surface area contributed by atoms with Crippen LogP contribution in [0.2, 0.25) is 0 Å². The molecule has 6 heteroatoms. The molecule has 1 atom stereocenters. The highest BCUT2D eigenvalue weighted by Crippen LogP contribution is 2.26. The van der Waals surface area contributed by atoms with Gasteiger partial charge in [-0.2, -0.15) is 0 Å². The van der Waals surface area contributed by atoms with E-state index in [1.165, 1.54) is 0 Å². The number of aromatic amines is 1. The van der Waals surface area contributed by atoms with Gasteiger partial charge in [0.1, 0.15) is 10.8 Å². The van der Waals surface area contributed by atoms with E-state index in [-0.39, 0.29) is 0 Å². The predicted molar refractivity (Wildman–Crippen MR) is 85.9 cm³/mol. The van der Waals surface area contributed by atoms with Crippen LogP contribution in [0.3, 0.4) is 0 Å². The lowest BCUT2D eigenvalue weighted by molar-refractivity contribution is 0.678.